The van der Waals surface area contributed by atoms with Gasteiger partial charge in [0.1, 0.15) is 0 Å². The van der Waals surface area contributed by atoms with Crippen molar-refractivity contribution in [1.29, 1.82) is 0 Å². The molecule has 0 spiro atoms. The molecule has 0 amide bonds. The summed E-state index contributed by atoms with van der Waals surface area (Å²) in [5, 5.41) is 8.94. The van der Waals surface area contributed by atoms with Gasteiger partial charge in [0.05, 0.1) is 5.92 Å². The molecule has 1 N–H and O–H groups in total. The third-order valence-corrected chi connectivity index (χ3v) is 4.07. The molecule has 1 atom stereocenters. The fourth-order valence-corrected chi connectivity index (χ4v) is 2.93. The van der Waals surface area contributed by atoms with Gasteiger partial charge >= 0.3 is 5.97 Å². The van der Waals surface area contributed by atoms with Crippen LogP contribution in [0, 0.1) is 11.8 Å². The molecule has 86 valence electrons. The lowest BCUT2D eigenvalue weighted by molar-refractivity contribution is -0.141. The van der Waals surface area contributed by atoms with Crippen LogP contribution in [0.5, 0.6) is 0 Å². The quantitative estimate of drug-likeness (QED) is 0.759. The van der Waals surface area contributed by atoms with Crippen molar-refractivity contribution in [2.45, 2.75) is 45.1 Å². The summed E-state index contributed by atoms with van der Waals surface area (Å²) in [6, 6.07) is 0.672. The zero-order valence-electron chi connectivity index (χ0n) is 9.48. The summed E-state index contributed by atoms with van der Waals surface area (Å²) in [4.78, 5) is 13.3. The van der Waals surface area contributed by atoms with Gasteiger partial charge in [-0.2, -0.15) is 0 Å². The fraction of sp³-hybridized carbons (Fsp3) is 0.917. The molecule has 3 nitrogen and oxygen atoms in total. The number of rotatable bonds is 2. The van der Waals surface area contributed by atoms with E-state index >= 15 is 0 Å². The summed E-state index contributed by atoms with van der Waals surface area (Å²) >= 11 is 0. The Kier molecular flexibility index (Phi) is 3.29. The van der Waals surface area contributed by atoms with Gasteiger partial charge in [-0.05, 0) is 44.6 Å². The van der Waals surface area contributed by atoms with Crippen LogP contribution in [-0.2, 0) is 4.79 Å². The molecule has 0 unspecified atom stereocenters. The van der Waals surface area contributed by atoms with Gasteiger partial charge in [-0.3, -0.25) is 9.69 Å². The lowest BCUT2D eigenvalue weighted by Crippen LogP contribution is -2.36. The summed E-state index contributed by atoms with van der Waals surface area (Å²) in [6.45, 7) is 4.10. The predicted octanol–water partition coefficient (Wildman–Crippen LogP) is 1.97. The number of carboxylic acids is 1. The minimum atomic E-state index is -0.610. The van der Waals surface area contributed by atoms with Gasteiger partial charge in [0.2, 0.25) is 0 Å². The number of carbonyl (C=O) groups is 1. The average molecular weight is 211 g/mol. The highest BCUT2D eigenvalue weighted by Gasteiger charge is 2.33. The van der Waals surface area contributed by atoms with Gasteiger partial charge in [0.25, 0.3) is 0 Å². The number of aliphatic carboxylic acids is 1. The molecule has 1 saturated carbocycles. The predicted molar refractivity (Wildman–Crippen MR) is 58.7 cm³/mol. The average Bonchev–Trinajstić information content (AvgIpc) is 2.68. The minimum Gasteiger partial charge on any atom is -0.481 e. The van der Waals surface area contributed by atoms with Crippen LogP contribution in [0.15, 0.2) is 0 Å². The first-order valence-corrected chi connectivity index (χ1v) is 6.13. The second-order valence-electron chi connectivity index (χ2n) is 5.23. The topological polar surface area (TPSA) is 40.5 Å². The van der Waals surface area contributed by atoms with Crippen LogP contribution in [0.3, 0.4) is 0 Å². The van der Waals surface area contributed by atoms with Gasteiger partial charge in [0, 0.05) is 12.6 Å². The van der Waals surface area contributed by atoms with E-state index in [2.05, 4.69) is 11.8 Å². The molecule has 1 aliphatic carbocycles. The van der Waals surface area contributed by atoms with Crippen LogP contribution in [0.4, 0.5) is 0 Å². The van der Waals surface area contributed by atoms with Crippen LogP contribution in [0.1, 0.15) is 39.0 Å². The van der Waals surface area contributed by atoms with E-state index < -0.39 is 5.97 Å². The molecule has 1 aliphatic heterocycles. The number of nitrogens with zero attached hydrogens (tertiary/aromatic N) is 1. The van der Waals surface area contributed by atoms with E-state index in [0.717, 1.165) is 25.4 Å². The van der Waals surface area contributed by atoms with Crippen molar-refractivity contribution < 1.29 is 9.90 Å². The van der Waals surface area contributed by atoms with Crippen LogP contribution in [0.2, 0.25) is 0 Å². The number of hydrogen-bond donors (Lipinski definition) is 1. The zero-order chi connectivity index (χ0) is 10.8. The highest BCUT2D eigenvalue weighted by molar-refractivity contribution is 5.70. The van der Waals surface area contributed by atoms with Gasteiger partial charge in [-0.25, -0.2) is 0 Å². The highest BCUT2D eigenvalue weighted by Crippen LogP contribution is 2.30. The van der Waals surface area contributed by atoms with Crippen molar-refractivity contribution in [3.8, 4) is 0 Å². The molecule has 2 rings (SSSR count). The van der Waals surface area contributed by atoms with Crippen molar-refractivity contribution in [3.05, 3.63) is 0 Å². The molecule has 0 radical (unpaired) electrons. The van der Waals surface area contributed by atoms with E-state index in [-0.39, 0.29) is 5.92 Å². The van der Waals surface area contributed by atoms with Gasteiger partial charge in [-0.15, -0.1) is 0 Å². The Morgan fingerprint density at radius 2 is 1.87 bits per heavy atom. The second kappa shape index (κ2) is 4.52. The molecule has 1 heterocycles. The van der Waals surface area contributed by atoms with Crippen molar-refractivity contribution in [1.82, 2.24) is 4.90 Å². The summed E-state index contributed by atoms with van der Waals surface area (Å²) in [5.41, 5.74) is 0. The molecule has 3 heteroatoms. The first kappa shape index (κ1) is 10.9. The molecule has 1 saturated heterocycles. The van der Waals surface area contributed by atoms with Crippen molar-refractivity contribution in [2.24, 2.45) is 11.8 Å². The van der Waals surface area contributed by atoms with Gasteiger partial charge in [-0.1, -0.05) is 6.92 Å². The van der Waals surface area contributed by atoms with Gasteiger partial charge in [0.15, 0.2) is 0 Å². The van der Waals surface area contributed by atoms with Crippen LogP contribution in [-0.4, -0.2) is 35.1 Å². The lowest BCUT2D eigenvalue weighted by Gasteiger charge is -2.33. The van der Waals surface area contributed by atoms with Gasteiger partial charge < -0.3 is 5.11 Å². The van der Waals surface area contributed by atoms with Crippen molar-refractivity contribution in [2.75, 3.05) is 13.1 Å². The SMILES string of the molecule is CC1CCC(N2CC[C@H](C(=O)O)C2)CC1. The zero-order valence-corrected chi connectivity index (χ0v) is 9.48. The summed E-state index contributed by atoms with van der Waals surface area (Å²) in [5.74, 6) is 0.158. The minimum absolute atomic E-state index is 0.107. The van der Waals surface area contributed by atoms with E-state index in [0.29, 0.717) is 6.04 Å². The summed E-state index contributed by atoms with van der Waals surface area (Å²) in [6.07, 6.45) is 6.03. The van der Waals surface area contributed by atoms with E-state index in [1.807, 2.05) is 0 Å². The molecule has 0 bridgehead atoms. The Balaban J connectivity index is 1.83. The number of carboxylic acid groups (broad SMARTS) is 1. The Labute approximate surface area is 91.5 Å². The van der Waals surface area contributed by atoms with Crippen LogP contribution >= 0.6 is 0 Å². The Hall–Kier alpha value is -0.570. The maximum Gasteiger partial charge on any atom is 0.307 e. The van der Waals surface area contributed by atoms with E-state index in [4.69, 9.17) is 5.11 Å². The highest BCUT2D eigenvalue weighted by atomic mass is 16.4. The second-order valence-corrected chi connectivity index (χ2v) is 5.23. The maximum atomic E-state index is 10.9. The Bertz CT molecular complexity index is 234. The Morgan fingerprint density at radius 1 is 1.20 bits per heavy atom. The van der Waals surface area contributed by atoms with Crippen molar-refractivity contribution >= 4 is 5.97 Å². The third kappa shape index (κ3) is 2.51. The molecular formula is C12H21NO2. The van der Waals surface area contributed by atoms with Crippen LogP contribution < -0.4 is 0 Å². The fourth-order valence-electron chi connectivity index (χ4n) is 2.93. The van der Waals surface area contributed by atoms with E-state index in [1.54, 1.807) is 0 Å². The normalized spacial score (nSPS) is 38.1. The molecule has 0 aromatic carbocycles. The molecule has 15 heavy (non-hydrogen) atoms. The third-order valence-electron chi connectivity index (χ3n) is 4.07. The summed E-state index contributed by atoms with van der Waals surface area (Å²) < 4.78 is 0. The lowest BCUT2D eigenvalue weighted by atomic mass is 9.87. The Morgan fingerprint density at radius 3 is 2.40 bits per heavy atom. The van der Waals surface area contributed by atoms with E-state index in [9.17, 15) is 4.79 Å². The molecule has 0 aromatic heterocycles. The number of likely N-dealkylation sites (tertiary alicyclic amines) is 1. The molecule has 2 fully saturated rings. The largest absolute Gasteiger partial charge is 0.481 e. The van der Waals surface area contributed by atoms with Crippen molar-refractivity contribution in [3.63, 3.8) is 0 Å². The molecule has 2 aliphatic rings. The first-order valence-electron chi connectivity index (χ1n) is 6.13. The smallest absolute Gasteiger partial charge is 0.307 e. The standard InChI is InChI=1S/C12H21NO2/c1-9-2-4-11(5-3-9)13-7-6-10(8-13)12(14)15/h9-11H,2-8H2,1H3,(H,14,15)/t9?,10-,11?/m0/s1. The van der Waals surface area contributed by atoms with Crippen LogP contribution in [0.25, 0.3) is 0 Å². The monoisotopic (exact) mass is 211 g/mol. The first-order chi connectivity index (χ1) is 7.16. The maximum absolute atomic E-state index is 10.9. The van der Waals surface area contributed by atoms with E-state index in [1.165, 1.54) is 25.7 Å². The number of hydrogen-bond acceptors (Lipinski definition) is 2. The summed E-state index contributed by atoms with van der Waals surface area (Å²) in [7, 11) is 0. The molecular weight excluding hydrogens is 190 g/mol. The molecule has 0 aromatic rings.